The molecule has 0 saturated carbocycles. The minimum Gasteiger partial charge on any atom is -0.387 e. The smallest absolute Gasteiger partial charge is 0.330 e. The van der Waals surface area contributed by atoms with Gasteiger partial charge < -0.3 is 10.2 Å². The second kappa shape index (κ2) is 8.10. The van der Waals surface area contributed by atoms with Gasteiger partial charge in [0, 0.05) is 27.2 Å². The SMILES string of the molecule is CNc1cnc2c(c1)n([C@H]1CCCN(C(=O)Cc3ccc(F)c(Cl)c3)C1)c(=O)n2C. The van der Waals surface area contributed by atoms with Crippen LogP contribution in [0.1, 0.15) is 24.4 Å². The number of carbonyl (C=O) groups is 1. The first-order chi connectivity index (χ1) is 14.4. The Morgan fingerprint density at radius 2 is 2.17 bits per heavy atom. The number of hydrogen-bond donors (Lipinski definition) is 1. The first kappa shape index (κ1) is 20.4. The molecule has 1 amide bonds. The monoisotopic (exact) mass is 431 g/mol. The number of aryl methyl sites for hydroxylation is 1. The molecular weight excluding hydrogens is 409 g/mol. The molecule has 1 N–H and O–H groups in total. The molecule has 0 spiro atoms. The molecule has 1 aromatic carbocycles. The van der Waals surface area contributed by atoms with Crippen LogP contribution in [-0.2, 0) is 18.3 Å². The van der Waals surface area contributed by atoms with Crippen LogP contribution in [0, 0.1) is 5.82 Å². The molecule has 0 bridgehead atoms. The third-order valence-corrected chi connectivity index (χ3v) is 5.95. The molecule has 1 fully saturated rings. The van der Waals surface area contributed by atoms with E-state index < -0.39 is 5.82 Å². The van der Waals surface area contributed by atoms with E-state index in [9.17, 15) is 14.0 Å². The second-order valence-corrected chi connectivity index (χ2v) is 8.00. The van der Waals surface area contributed by atoms with Crippen LogP contribution in [0.4, 0.5) is 10.1 Å². The van der Waals surface area contributed by atoms with Gasteiger partial charge in [0.2, 0.25) is 5.91 Å². The second-order valence-electron chi connectivity index (χ2n) is 7.59. The van der Waals surface area contributed by atoms with Crippen LogP contribution in [0.3, 0.4) is 0 Å². The molecule has 9 heteroatoms. The highest BCUT2D eigenvalue weighted by Crippen LogP contribution is 2.26. The molecule has 30 heavy (non-hydrogen) atoms. The van der Waals surface area contributed by atoms with Gasteiger partial charge in [-0.2, -0.15) is 0 Å². The van der Waals surface area contributed by atoms with Gasteiger partial charge in [0.15, 0.2) is 5.65 Å². The third kappa shape index (κ3) is 3.67. The minimum atomic E-state index is -0.504. The molecular formula is C21H23ClFN5O2. The molecule has 1 aliphatic rings. The number of halogens is 2. The van der Waals surface area contributed by atoms with Gasteiger partial charge in [-0.05, 0) is 36.6 Å². The highest BCUT2D eigenvalue weighted by atomic mass is 35.5. The number of pyridine rings is 1. The summed E-state index contributed by atoms with van der Waals surface area (Å²) in [5, 5.41) is 3.06. The predicted octanol–water partition coefficient (Wildman–Crippen LogP) is 2.98. The first-order valence-corrected chi connectivity index (χ1v) is 10.2. The summed E-state index contributed by atoms with van der Waals surface area (Å²) in [7, 11) is 3.51. The number of nitrogens with one attached hydrogen (secondary N) is 1. The zero-order valence-corrected chi connectivity index (χ0v) is 17.6. The summed E-state index contributed by atoms with van der Waals surface area (Å²) in [6.45, 7) is 1.07. The van der Waals surface area contributed by atoms with E-state index in [2.05, 4.69) is 10.3 Å². The van der Waals surface area contributed by atoms with Gasteiger partial charge in [-0.25, -0.2) is 14.2 Å². The standard InChI is InChI=1S/C21H23ClFN5O2/c1-24-14-10-18-20(25-11-14)26(2)21(30)28(18)15-4-3-7-27(12-15)19(29)9-13-5-6-17(23)16(22)8-13/h5-6,8,10-11,15,24H,3-4,7,9,12H2,1-2H3/t15-/m0/s1. The lowest BCUT2D eigenvalue weighted by molar-refractivity contribution is -0.132. The Bertz CT molecular complexity index is 1170. The van der Waals surface area contributed by atoms with Crippen molar-refractivity contribution < 1.29 is 9.18 Å². The Kier molecular flexibility index (Phi) is 5.51. The fourth-order valence-electron chi connectivity index (χ4n) is 4.05. The number of nitrogens with zero attached hydrogens (tertiary/aromatic N) is 4. The van der Waals surface area contributed by atoms with Crippen LogP contribution in [0.15, 0.2) is 35.3 Å². The van der Waals surface area contributed by atoms with Crippen LogP contribution in [0.2, 0.25) is 5.02 Å². The Morgan fingerprint density at radius 3 is 2.90 bits per heavy atom. The van der Waals surface area contributed by atoms with Gasteiger partial charge in [0.05, 0.1) is 34.9 Å². The lowest BCUT2D eigenvalue weighted by Gasteiger charge is -2.33. The van der Waals surface area contributed by atoms with Crippen molar-refractivity contribution >= 4 is 34.4 Å². The molecule has 1 aliphatic heterocycles. The molecule has 7 nitrogen and oxygen atoms in total. The molecule has 1 atom stereocenters. The highest BCUT2D eigenvalue weighted by molar-refractivity contribution is 6.30. The molecule has 2 aromatic heterocycles. The normalized spacial score (nSPS) is 16.8. The number of hydrogen-bond acceptors (Lipinski definition) is 4. The molecule has 0 radical (unpaired) electrons. The van der Waals surface area contributed by atoms with Gasteiger partial charge in [0.1, 0.15) is 5.82 Å². The number of fused-ring (bicyclic) bond motifs is 1. The molecule has 0 aliphatic carbocycles. The van der Waals surface area contributed by atoms with Crippen LogP contribution in [0.5, 0.6) is 0 Å². The van der Waals surface area contributed by atoms with E-state index >= 15 is 0 Å². The van der Waals surface area contributed by atoms with Crippen molar-refractivity contribution in [2.24, 2.45) is 7.05 Å². The van der Waals surface area contributed by atoms with Crippen LogP contribution >= 0.6 is 11.6 Å². The topological polar surface area (TPSA) is 72.2 Å². The summed E-state index contributed by atoms with van der Waals surface area (Å²) in [5.41, 5.74) is 2.70. The fourth-order valence-corrected chi connectivity index (χ4v) is 4.26. The number of anilines is 1. The Morgan fingerprint density at radius 1 is 1.37 bits per heavy atom. The van der Waals surface area contributed by atoms with E-state index in [1.54, 1.807) is 35.8 Å². The van der Waals surface area contributed by atoms with Gasteiger partial charge in [-0.3, -0.25) is 13.9 Å². The van der Waals surface area contributed by atoms with Crippen LogP contribution in [-0.4, -0.2) is 45.1 Å². The molecule has 158 valence electrons. The highest BCUT2D eigenvalue weighted by Gasteiger charge is 2.28. The average molecular weight is 432 g/mol. The first-order valence-electron chi connectivity index (χ1n) is 9.85. The molecule has 3 heterocycles. The van der Waals surface area contributed by atoms with Crippen molar-refractivity contribution in [3.05, 3.63) is 57.3 Å². The Hall–Kier alpha value is -2.87. The van der Waals surface area contributed by atoms with Crippen molar-refractivity contribution in [2.45, 2.75) is 25.3 Å². The lowest BCUT2D eigenvalue weighted by atomic mass is 10.0. The molecule has 4 rings (SSSR count). The van der Waals surface area contributed by atoms with Gasteiger partial charge in [-0.15, -0.1) is 0 Å². The number of rotatable bonds is 4. The minimum absolute atomic E-state index is 0.00645. The third-order valence-electron chi connectivity index (χ3n) is 5.66. The van der Waals surface area contributed by atoms with E-state index in [1.165, 1.54) is 16.7 Å². The summed E-state index contributed by atoms with van der Waals surface area (Å²) < 4.78 is 16.7. The zero-order valence-electron chi connectivity index (χ0n) is 16.9. The number of piperidine rings is 1. The van der Waals surface area contributed by atoms with E-state index in [0.717, 1.165) is 24.0 Å². The van der Waals surface area contributed by atoms with Crippen molar-refractivity contribution in [1.29, 1.82) is 0 Å². The van der Waals surface area contributed by atoms with Gasteiger partial charge in [0.25, 0.3) is 0 Å². The van der Waals surface area contributed by atoms with Gasteiger partial charge >= 0.3 is 5.69 Å². The number of likely N-dealkylation sites (tertiary alicyclic amines) is 1. The number of carbonyl (C=O) groups excluding carboxylic acids is 1. The lowest BCUT2D eigenvalue weighted by Crippen LogP contribution is -2.43. The average Bonchev–Trinajstić information content (AvgIpc) is 3.00. The van der Waals surface area contributed by atoms with Crippen molar-refractivity contribution in [1.82, 2.24) is 19.0 Å². The molecule has 3 aromatic rings. The Labute approximate surface area is 178 Å². The summed E-state index contributed by atoms with van der Waals surface area (Å²) in [5.74, 6) is -0.569. The van der Waals surface area contributed by atoms with Gasteiger partial charge in [-0.1, -0.05) is 17.7 Å². The summed E-state index contributed by atoms with van der Waals surface area (Å²) in [4.78, 5) is 32.0. The number of amides is 1. The number of imidazole rings is 1. The maximum Gasteiger partial charge on any atom is 0.330 e. The number of benzene rings is 1. The zero-order chi connectivity index (χ0) is 21.4. The van der Waals surface area contributed by atoms with Crippen molar-refractivity contribution in [2.75, 3.05) is 25.5 Å². The summed E-state index contributed by atoms with van der Waals surface area (Å²) >= 11 is 5.83. The maximum atomic E-state index is 13.4. The fraction of sp³-hybridized carbons (Fsp3) is 0.381. The molecule has 1 saturated heterocycles. The number of aromatic nitrogens is 3. The van der Waals surface area contributed by atoms with E-state index in [1.807, 2.05) is 6.07 Å². The largest absolute Gasteiger partial charge is 0.387 e. The van der Waals surface area contributed by atoms with E-state index in [0.29, 0.717) is 24.3 Å². The summed E-state index contributed by atoms with van der Waals surface area (Å²) in [6, 6.07) is 6.10. The van der Waals surface area contributed by atoms with E-state index in [-0.39, 0.29) is 29.1 Å². The van der Waals surface area contributed by atoms with Crippen LogP contribution in [0.25, 0.3) is 11.2 Å². The quantitative estimate of drug-likeness (QED) is 0.689. The van der Waals surface area contributed by atoms with E-state index in [4.69, 9.17) is 11.6 Å². The van der Waals surface area contributed by atoms with Crippen molar-refractivity contribution in [3.63, 3.8) is 0 Å². The molecule has 0 unspecified atom stereocenters. The summed E-state index contributed by atoms with van der Waals surface area (Å²) in [6.07, 6.45) is 3.43. The Balaban J connectivity index is 1.59. The predicted molar refractivity (Wildman–Crippen MR) is 114 cm³/mol. The van der Waals surface area contributed by atoms with Crippen LogP contribution < -0.4 is 11.0 Å². The van der Waals surface area contributed by atoms with Crippen molar-refractivity contribution in [3.8, 4) is 0 Å². The maximum absolute atomic E-state index is 13.4.